The average Bonchev–Trinajstić information content (AvgIpc) is 2.86. The maximum absolute atomic E-state index is 12.7. The summed E-state index contributed by atoms with van der Waals surface area (Å²) in [5.74, 6) is 1.45. The number of hydrogen-bond donors (Lipinski definition) is 0. The molecule has 194 valence electrons. The van der Waals surface area contributed by atoms with E-state index in [4.69, 9.17) is 22.8 Å². The number of carbonyl (C=O) groups is 1. The van der Waals surface area contributed by atoms with E-state index in [9.17, 15) is 4.79 Å². The molecule has 8 heteroatoms. The molecule has 2 rings (SSSR count). The van der Waals surface area contributed by atoms with E-state index >= 15 is 0 Å². The van der Waals surface area contributed by atoms with E-state index in [1.54, 1.807) is 18.9 Å². The summed E-state index contributed by atoms with van der Waals surface area (Å²) in [6, 6.07) is 16.6. The molecule has 0 saturated heterocycles. The van der Waals surface area contributed by atoms with Crippen molar-refractivity contribution in [3.8, 4) is 5.75 Å². The summed E-state index contributed by atoms with van der Waals surface area (Å²) < 4.78 is 29.0. The average molecular weight is 521 g/mol. The first-order valence-electron chi connectivity index (χ1n) is 12.3. The number of esters is 1. The second kappa shape index (κ2) is 16.0. The van der Waals surface area contributed by atoms with Gasteiger partial charge in [0.05, 0.1) is 13.5 Å². The smallest absolute Gasteiger partial charge is 0.496 e. The summed E-state index contributed by atoms with van der Waals surface area (Å²) in [5.41, 5.74) is 3.09. The van der Waals surface area contributed by atoms with Crippen molar-refractivity contribution in [3.05, 3.63) is 65.2 Å². The van der Waals surface area contributed by atoms with E-state index in [2.05, 4.69) is 6.07 Å². The fourth-order valence-corrected chi connectivity index (χ4v) is 7.83. The Morgan fingerprint density at radius 1 is 0.971 bits per heavy atom. The Bertz CT molecular complexity index is 862. The zero-order valence-corrected chi connectivity index (χ0v) is 23.5. The monoisotopic (exact) mass is 520 g/mol. The van der Waals surface area contributed by atoms with Gasteiger partial charge in [-0.15, -0.1) is 0 Å². The van der Waals surface area contributed by atoms with Crippen LogP contribution < -0.4 is 4.74 Å². The lowest BCUT2D eigenvalue weighted by Crippen LogP contribution is -2.46. The molecule has 2 aromatic rings. The second-order valence-corrected chi connectivity index (χ2v) is 12.1. The van der Waals surface area contributed by atoms with Crippen LogP contribution in [-0.2, 0) is 29.4 Å². The van der Waals surface area contributed by atoms with Crippen LogP contribution in [-0.4, -0.2) is 47.5 Å². The maximum atomic E-state index is 12.7. The number of hydrogen-bond acceptors (Lipinski definition) is 7. The molecule has 0 aromatic heterocycles. The Morgan fingerprint density at radius 2 is 1.63 bits per heavy atom. The van der Waals surface area contributed by atoms with E-state index in [0.717, 1.165) is 40.7 Å². The molecule has 6 nitrogen and oxygen atoms in total. The van der Waals surface area contributed by atoms with Crippen LogP contribution in [0.3, 0.4) is 0 Å². The molecule has 0 N–H and O–H groups in total. The molecule has 0 heterocycles. The first-order chi connectivity index (χ1) is 17.0. The normalized spacial score (nSPS) is 12.4. The SMILES string of the molecule is CCO[Si](CCCSC(CC(=O)OCc1ccccc1)c1ccc(C)c(OC)c1)(OCC)OCC. The molecular weight excluding hydrogens is 480 g/mol. The Balaban J connectivity index is 2.05. The highest BCUT2D eigenvalue weighted by Gasteiger charge is 2.39. The highest BCUT2D eigenvalue weighted by Crippen LogP contribution is 2.36. The second-order valence-electron chi connectivity index (χ2n) is 8.02. The van der Waals surface area contributed by atoms with Gasteiger partial charge in [-0.25, -0.2) is 0 Å². The topological polar surface area (TPSA) is 63.2 Å². The van der Waals surface area contributed by atoms with Gasteiger partial charge < -0.3 is 22.8 Å². The fraction of sp³-hybridized carbons (Fsp3) is 0.519. The Kier molecular flexibility index (Phi) is 13.4. The molecule has 0 saturated carbocycles. The quantitative estimate of drug-likeness (QED) is 0.137. The summed E-state index contributed by atoms with van der Waals surface area (Å²) in [6.45, 7) is 9.90. The number of benzene rings is 2. The number of thioether (sulfide) groups is 1. The zero-order valence-electron chi connectivity index (χ0n) is 21.7. The molecule has 0 radical (unpaired) electrons. The predicted octanol–water partition coefficient (Wildman–Crippen LogP) is 6.35. The lowest BCUT2D eigenvalue weighted by Gasteiger charge is -2.28. The van der Waals surface area contributed by atoms with Crippen molar-refractivity contribution in [2.24, 2.45) is 0 Å². The lowest BCUT2D eigenvalue weighted by molar-refractivity contribution is -0.144. The number of aryl methyl sites for hydroxylation is 1. The third-order valence-corrected chi connectivity index (χ3v) is 9.95. The van der Waals surface area contributed by atoms with Crippen molar-refractivity contribution >= 4 is 26.5 Å². The van der Waals surface area contributed by atoms with Gasteiger partial charge in [-0.1, -0.05) is 42.5 Å². The number of ether oxygens (including phenoxy) is 2. The van der Waals surface area contributed by atoms with Gasteiger partial charge in [-0.05, 0) is 62.6 Å². The van der Waals surface area contributed by atoms with E-state index in [-0.39, 0.29) is 24.2 Å². The fourth-order valence-electron chi connectivity index (χ4n) is 3.77. The van der Waals surface area contributed by atoms with E-state index in [1.165, 1.54) is 0 Å². The third kappa shape index (κ3) is 9.97. The van der Waals surface area contributed by atoms with Gasteiger partial charge in [0, 0.05) is 31.1 Å². The van der Waals surface area contributed by atoms with Crippen molar-refractivity contribution in [2.45, 2.75) is 58.4 Å². The largest absolute Gasteiger partial charge is 0.500 e. The van der Waals surface area contributed by atoms with E-state index in [0.29, 0.717) is 19.8 Å². The Labute approximate surface area is 216 Å². The molecule has 0 bridgehead atoms. The summed E-state index contributed by atoms with van der Waals surface area (Å²) in [5, 5.41) is -0.0462. The number of carbonyl (C=O) groups excluding carboxylic acids is 1. The van der Waals surface area contributed by atoms with Crippen molar-refractivity contribution in [1.29, 1.82) is 0 Å². The molecule has 0 aliphatic heterocycles. The molecule has 0 aliphatic rings. The van der Waals surface area contributed by atoms with Gasteiger partial charge >= 0.3 is 14.8 Å². The predicted molar refractivity (Wildman–Crippen MR) is 144 cm³/mol. The standard InChI is InChI=1S/C27H40O6SSi/c1-6-31-35(32-7-2,33-8-3)18-12-17-34-26(24-16-15-22(4)25(19-24)29-5)20-27(28)30-21-23-13-10-9-11-14-23/h9-11,13-16,19,26H,6-8,12,17-18,20-21H2,1-5H3. The first kappa shape index (κ1) is 29.4. The molecule has 0 spiro atoms. The van der Waals surface area contributed by atoms with E-state index < -0.39 is 8.80 Å². The van der Waals surface area contributed by atoms with E-state index in [1.807, 2.05) is 70.2 Å². The summed E-state index contributed by atoms with van der Waals surface area (Å²) >= 11 is 1.74. The molecule has 2 aromatic carbocycles. The minimum atomic E-state index is -2.68. The first-order valence-corrected chi connectivity index (χ1v) is 15.3. The van der Waals surface area contributed by atoms with Crippen molar-refractivity contribution in [2.75, 3.05) is 32.7 Å². The minimum absolute atomic E-state index is 0.0462. The Morgan fingerprint density at radius 3 is 2.23 bits per heavy atom. The lowest BCUT2D eigenvalue weighted by atomic mass is 10.1. The van der Waals surface area contributed by atoms with Gasteiger partial charge in [0.2, 0.25) is 0 Å². The molecule has 1 atom stereocenters. The maximum Gasteiger partial charge on any atom is 0.500 e. The highest BCUT2D eigenvalue weighted by atomic mass is 32.2. The van der Waals surface area contributed by atoms with Gasteiger partial charge in [0.25, 0.3) is 0 Å². The Hall–Kier alpha value is -1.84. The highest BCUT2D eigenvalue weighted by molar-refractivity contribution is 7.99. The summed E-state index contributed by atoms with van der Waals surface area (Å²) in [7, 11) is -1.01. The van der Waals surface area contributed by atoms with Gasteiger partial charge in [-0.3, -0.25) is 4.79 Å². The number of methoxy groups -OCH3 is 1. The van der Waals surface area contributed by atoms with Crippen molar-refractivity contribution in [3.63, 3.8) is 0 Å². The van der Waals surface area contributed by atoms with Crippen LogP contribution in [0.5, 0.6) is 5.75 Å². The number of rotatable bonds is 17. The molecule has 0 aliphatic carbocycles. The van der Waals surface area contributed by atoms with Gasteiger partial charge in [-0.2, -0.15) is 11.8 Å². The van der Waals surface area contributed by atoms with Crippen LogP contribution in [0.25, 0.3) is 0 Å². The van der Waals surface area contributed by atoms with Crippen molar-refractivity contribution < 1.29 is 27.5 Å². The molecular formula is C27H40O6SSi. The van der Waals surface area contributed by atoms with Crippen LogP contribution >= 0.6 is 11.8 Å². The van der Waals surface area contributed by atoms with Crippen LogP contribution in [0, 0.1) is 6.92 Å². The third-order valence-electron chi connectivity index (χ3n) is 5.44. The molecule has 0 amide bonds. The van der Waals surface area contributed by atoms with Crippen LogP contribution in [0.1, 0.15) is 55.6 Å². The van der Waals surface area contributed by atoms with Crippen molar-refractivity contribution in [1.82, 2.24) is 0 Å². The molecule has 35 heavy (non-hydrogen) atoms. The molecule has 0 fully saturated rings. The molecule has 1 unspecified atom stereocenters. The van der Waals surface area contributed by atoms with Crippen LogP contribution in [0.4, 0.5) is 0 Å². The zero-order chi connectivity index (χ0) is 25.5. The summed E-state index contributed by atoms with van der Waals surface area (Å²) in [4.78, 5) is 12.7. The summed E-state index contributed by atoms with van der Waals surface area (Å²) in [6.07, 6.45) is 1.16. The van der Waals surface area contributed by atoms with Crippen LogP contribution in [0.15, 0.2) is 48.5 Å². The van der Waals surface area contributed by atoms with Gasteiger partial charge in [0.15, 0.2) is 0 Å². The van der Waals surface area contributed by atoms with Gasteiger partial charge in [0.1, 0.15) is 12.4 Å². The van der Waals surface area contributed by atoms with Crippen LogP contribution in [0.2, 0.25) is 6.04 Å². The minimum Gasteiger partial charge on any atom is -0.496 e.